The fourth-order valence-corrected chi connectivity index (χ4v) is 6.06. The van der Waals surface area contributed by atoms with Crippen LogP contribution >= 0.6 is 0 Å². The normalized spacial score (nSPS) is 39.2. The average molecular weight is 348 g/mol. The summed E-state index contributed by atoms with van der Waals surface area (Å²) < 4.78 is 10.8. The minimum atomic E-state index is -0.406. The van der Waals surface area contributed by atoms with E-state index in [0.717, 1.165) is 23.7 Å². The molecule has 0 amide bonds. The summed E-state index contributed by atoms with van der Waals surface area (Å²) in [5.41, 5.74) is 0. The van der Waals surface area contributed by atoms with Crippen LogP contribution in [0.15, 0.2) is 0 Å². The van der Waals surface area contributed by atoms with Crippen molar-refractivity contribution >= 4 is 11.9 Å². The smallest absolute Gasteiger partial charge is 0.317 e. The van der Waals surface area contributed by atoms with Crippen molar-refractivity contribution in [1.82, 2.24) is 0 Å². The van der Waals surface area contributed by atoms with Crippen LogP contribution in [-0.4, -0.2) is 25.2 Å². The molecule has 0 spiro atoms. The van der Waals surface area contributed by atoms with E-state index in [2.05, 4.69) is 0 Å². The highest BCUT2D eigenvalue weighted by Crippen LogP contribution is 2.45. The zero-order valence-corrected chi connectivity index (χ0v) is 15.3. The van der Waals surface area contributed by atoms with Crippen LogP contribution in [0.2, 0.25) is 0 Å². The van der Waals surface area contributed by atoms with E-state index in [1.807, 2.05) is 0 Å². The van der Waals surface area contributed by atoms with E-state index in [1.54, 1.807) is 0 Å². The summed E-state index contributed by atoms with van der Waals surface area (Å²) in [6.07, 6.45) is 12.7. The van der Waals surface area contributed by atoms with Gasteiger partial charge in [-0.2, -0.15) is 0 Å². The Bertz CT molecular complexity index is 442. The molecule has 2 atom stereocenters. The molecular weight excluding hydrogens is 316 g/mol. The van der Waals surface area contributed by atoms with Gasteiger partial charge >= 0.3 is 11.9 Å². The minimum absolute atomic E-state index is 0.221. The Morgan fingerprint density at radius 1 is 0.640 bits per heavy atom. The van der Waals surface area contributed by atoms with Gasteiger partial charge in [0, 0.05) is 0 Å². The molecule has 6 aliphatic rings. The molecule has 6 saturated carbocycles. The number of carbonyl (C=O) groups excluding carboxylic acids is 2. The van der Waals surface area contributed by atoms with Gasteiger partial charge in [-0.15, -0.1) is 0 Å². The zero-order valence-electron chi connectivity index (χ0n) is 15.3. The van der Waals surface area contributed by atoms with E-state index in [-0.39, 0.29) is 6.42 Å². The zero-order chi connectivity index (χ0) is 17.2. The van der Waals surface area contributed by atoms with Gasteiger partial charge in [-0.3, -0.25) is 9.59 Å². The molecule has 0 aliphatic heterocycles. The molecule has 4 bridgehead atoms. The second kappa shape index (κ2) is 7.67. The third-order valence-corrected chi connectivity index (χ3v) is 7.59. The van der Waals surface area contributed by atoms with Crippen LogP contribution in [0, 0.1) is 35.5 Å². The predicted octanol–water partition coefficient (Wildman–Crippen LogP) is 4.12. The summed E-state index contributed by atoms with van der Waals surface area (Å²) in [5, 5.41) is 0. The average Bonchev–Trinajstić information content (AvgIpc) is 2.67. The first-order chi connectivity index (χ1) is 12.2. The maximum absolute atomic E-state index is 12.0. The highest BCUT2D eigenvalue weighted by atomic mass is 16.6. The molecule has 0 aromatic carbocycles. The van der Waals surface area contributed by atoms with Gasteiger partial charge in [0.05, 0.1) is 13.2 Å². The van der Waals surface area contributed by atoms with Gasteiger partial charge in [0.15, 0.2) is 0 Å². The Kier molecular flexibility index (Phi) is 5.33. The van der Waals surface area contributed by atoms with E-state index in [4.69, 9.17) is 9.47 Å². The topological polar surface area (TPSA) is 52.6 Å². The van der Waals surface area contributed by atoms with Crippen molar-refractivity contribution in [1.29, 1.82) is 0 Å². The largest absolute Gasteiger partial charge is 0.465 e. The van der Waals surface area contributed by atoms with E-state index < -0.39 is 11.9 Å². The molecule has 4 nitrogen and oxygen atoms in total. The molecular formula is C21H32O4. The third-order valence-electron chi connectivity index (χ3n) is 7.59. The Morgan fingerprint density at radius 2 is 1.04 bits per heavy atom. The lowest BCUT2D eigenvalue weighted by Crippen LogP contribution is -2.35. The molecule has 0 radical (unpaired) electrons. The molecule has 0 aromatic heterocycles. The molecule has 0 saturated heterocycles. The summed E-state index contributed by atoms with van der Waals surface area (Å²) >= 11 is 0. The minimum Gasteiger partial charge on any atom is -0.465 e. The van der Waals surface area contributed by atoms with Crippen LogP contribution in [0.5, 0.6) is 0 Å². The van der Waals surface area contributed by atoms with Crippen LogP contribution in [0.25, 0.3) is 0 Å². The van der Waals surface area contributed by atoms with E-state index in [1.165, 1.54) is 64.2 Å². The van der Waals surface area contributed by atoms with Crippen molar-refractivity contribution in [2.45, 2.75) is 70.6 Å². The first kappa shape index (κ1) is 17.4. The number of hydrogen-bond acceptors (Lipinski definition) is 4. The Labute approximate surface area is 151 Å². The summed E-state index contributed by atoms with van der Waals surface area (Å²) in [6, 6.07) is 0. The van der Waals surface area contributed by atoms with E-state index in [0.29, 0.717) is 25.0 Å². The molecule has 4 heteroatoms. The lowest BCUT2D eigenvalue weighted by molar-refractivity contribution is -0.157. The summed E-state index contributed by atoms with van der Waals surface area (Å²) in [4.78, 5) is 23.9. The van der Waals surface area contributed by atoms with Crippen LogP contribution in [0.4, 0.5) is 0 Å². The Hall–Kier alpha value is -1.06. The highest BCUT2D eigenvalue weighted by Gasteiger charge is 2.37. The third kappa shape index (κ3) is 4.20. The van der Waals surface area contributed by atoms with Gasteiger partial charge in [-0.1, -0.05) is 25.7 Å². The van der Waals surface area contributed by atoms with Crippen molar-refractivity contribution in [3.63, 3.8) is 0 Å². The van der Waals surface area contributed by atoms with Crippen LogP contribution in [-0.2, 0) is 19.1 Å². The summed E-state index contributed by atoms with van der Waals surface area (Å²) in [5.74, 6) is 3.36. The molecule has 2 unspecified atom stereocenters. The SMILES string of the molecule is O=C(CC(=O)OCC1CC2CCC1CC2)OCC1CC2CCC1CC2. The van der Waals surface area contributed by atoms with Crippen LogP contribution in [0.1, 0.15) is 70.6 Å². The monoisotopic (exact) mass is 348 g/mol. The van der Waals surface area contributed by atoms with Crippen molar-refractivity contribution in [3.8, 4) is 0 Å². The van der Waals surface area contributed by atoms with Gasteiger partial charge < -0.3 is 9.47 Å². The predicted molar refractivity (Wildman–Crippen MR) is 93.6 cm³/mol. The van der Waals surface area contributed by atoms with E-state index >= 15 is 0 Å². The molecule has 6 fully saturated rings. The molecule has 0 heterocycles. The number of fused-ring (bicyclic) bond motifs is 6. The maximum Gasteiger partial charge on any atom is 0.317 e. The second-order valence-electron chi connectivity index (χ2n) is 9.10. The lowest BCUT2D eigenvalue weighted by atomic mass is 9.65. The lowest BCUT2D eigenvalue weighted by Gasteiger charge is -2.42. The fraction of sp³-hybridized carbons (Fsp3) is 0.905. The Balaban J connectivity index is 1.14. The summed E-state index contributed by atoms with van der Waals surface area (Å²) in [6.45, 7) is 0.999. The number of rotatable bonds is 6. The van der Waals surface area contributed by atoms with Gasteiger partial charge in [-0.05, 0) is 74.0 Å². The van der Waals surface area contributed by atoms with Crippen LogP contribution < -0.4 is 0 Å². The van der Waals surface area contributed by atoms with Gasteiger partial charge in [-0.25, -0.2) is 0 Å². The summed E-state index contributed by atoms with van der Waals surface area (Å²) in [7, 11) is 0. The van der Waals surface area contributed by atoms with E-state index in [9.17, 15) is 9.59 Å². The van der Waals surface area contributed by atoms with Crippen molar-refractivity contribution in [2.24, 2.45) is 35.5 Å². The van der Waals surface area contributed by atoms with Crippen molar-refractivity contribution < 1.29 is 19.1 Å². The number of hydrogen-bond donors (Lipinski definition) is 0. The first-order valence-electron chi connectivity index (χ1n) is 10.5. The van der Waals surface area contributed by atoms with Crippen LogP contribution in [0.3, 0.4) is 0 Å². The fourth-order valence-electron chi connectivity index (χ4n) is 6.06. The molecule has 140 valence electrons. The molecule has 6 aliphatic carbocycles. The van der Waals surface area contributed by atoms with Gasteiger partial charge in [0.1, 0.15) is 6.42 Å². The van der Waals surface area contributed by atoms with Crippen molar-refractivity contribution in [3.05, 3.63) is 0 Å². The first-order valence-corrected chi connectivity index (χ1v) is 10.5. The quantitative estimate of drug-likeness (QED) is 0.535. The Morgan fingerprint density at radius 3 is 1.36 bits per heavy atom. The molecule has 25 heavy (non-hydrogen) atoms. The molecule has 0 aromatic rings. The standard InChI is InChI=1S/C21H32O4/c22-20(24-12-18-9-14-1-5-16(18)6-2-14)11-21(23)25-13-19-10-15-3-7-17(19)8-4-15/h14-19H,1-13H2. The van der Waals surface area contributed by atoms with Gasteiger partial charge in [0.25, 0.3) is 0 Å². The second-order valence-corrected chi connectivity index (χ2v) is 9.10. The van der Waals surface area contributed by atoms with Gasteiger partial charge in [0.2, 0.25) is 0 Å². The van der Waals surface area contributed by atoms with Crippen molar-refractivity contribution in [2.75, 3.05) is 13.2 Å². The highest BCUT2D eigenvalue weighted by molar-refractivity contribution is 5.91. The number of esters is 2. The molecule has 6 rings (SSSR count). The maximum atomic E-state index is 12.0. The number of carbonyl (C=O) groups is 2. The number of ether oxygens (including phenoxy) is 2. The molecule has 0 N–H and O–H groups in total.